The van der Waals surface area contributed by atoms with Crippen LogP contribution in [0.2, 0.25) is 0 Å². The van der Waals surface area contributed by atoms with Crippen LogP contribution in [0, 0.1) is 6.92 Å². The Morgan fingerprint density at radius 1 is 0.943 bits per heavy atom. The van der Waals surface area contributed by atoms with Gasteiger partial charge in [-0.15, -0.1) is 0 Å². The van der Waals surface area contributed by atoms with Gasteiger partial charge in [-0.2, -0.15) is 0 Å². The number of nitrogens with zero attached hydrogens (tertiary/aromatic N) is 4. The summed E-state index contributed by atoms with van der Waals surface area (Å²) in [6.07, 6.45) is 4.59. The van der Waals surface area contributed by atoms with E-state index in [2.05, 4.69) is 20.0 Å². The number of benzene rings is 3. The van der Waals surface area contributed by atoms with Crippen LogP contribution in [0.25, 0.3) is 22.0 Å². The van der Waals surface area contributed by atoms with E-state index >= 15 is 0 Å². The van der Waals surface area contributed by atoms with E-state index in [-0.39, 0.29) is 17.7 Å². The molecule has 3 aromatic carbocycles. The third-order valence-electron chi connectivity index (χ3n) is 8.55. The zero-order chi connectivity index (χ0) is 37.8. The lowest BCUT2D eigenvalue weighted by molar-refractivity contribution is 0.0206. The Bertz CT molecular complexity index is 2260. The van der Waals surface area contributed by atoms with Crippen molar-refractivity contribution in [1.82, 2.24) is 19.9 Å². The highest BCUT2D eigenvalue weighted by molar-refractivity contribution is 7.91. The van der Waals surface area contributed by atoms with Crippen molar-refractivity contribution in [3.05, 3.63) is 102 Å². The second-order valence-electron chi connectivity index (χ2n) is 13.8. The molecule has 0 radical (unpaired) electrons. The van der Waals surface area contributed by atoms with Crippen LogP contribution in [0.15, 0.2) is 85.2 Å². The first-order valence-electron chi connectivity index (χ1n) is 17.2. The Kier molecular flexibility index (Phi) is 10.8. The van der Waals surface area contributed by atoms with Gasteiger partial charge in [0.1, 0.15) is 11.4 Å². The van der Waals surface area contributed by atoms with Gasteiger partial charge in [0.05, 0.1) is 35.4 Å². The molecular weight excluding hydrogens is 697 g/mol. The van der Waals surface area contributed by atoms with Crippen molar-refractivity contribution in [1.29, 1.82) is 0 Å². The van der Waals surface area contributed by atoms with Crippen molar-refractivity contribution in [3.63, 3.8) is 0 Å². The van der Waals surface area contributed by atoms with Crippen LogP contribution in [-0.4, -0.2) is 72.2 Å². The smallest absolute Gasteiger partial charge is 0.410 e. The average molecular weight is 739 g/mol. The number of sulfonamides is 1. The minimum Gasteiger partial charge on any atom is -0.465 e. The summed E-state index contributed by atoms with van der Waals surface area (Å²) in [6, 6.07) is 20.7. The number of anilines is 2. The molecule has 1 aliphatic rings. The molecule has 5 aromatic rings. The molecule has 1 aliphatic heterocycles. The van der Waals surface area contributed by atoms with Gasteiger partial charge in [0.2, 0.25) is 21.9 Å². The third-order valence-corrected chi connectivity index (χ3v) is 9.77. The predicted octanol–water partition coefficient (Wildman–Crippen LogP) is 7.33. The highest BCUT2D eigenvalue weighted by atomic mass is 32.2. The van der Waals surface area contributed by atoms with Gasteiger partial charge in [0, 0.05) is 42.3 Å². The number of hydrogen-bond donors (Lipinski definition) is 2. The first-order chi connectivity index (χ1) is 25.3. The number of pyridine rings is 1. The number of piperidine rings is 1. The summed E-state index contributed by atoms with van der Waals surface area (Å²) in [5, 5.41) is 4.65. The normalized spacial score (nSPS) is 14.7. The van der Waals surface area contributed by atoms with Crippen molar-refractivity contribution in [2.24, 2.45) is 0 Å². The lowest BCUT2D eigenvalue weighted by Gasteiger charge is -2.34. The Morgan fingerprint density at radius 2 is 1.75 bits per heavy atom. The molecule has 0 bridgehead atoms. The molecule has 276 valence electrons. The van der Waals surface area contributed by atoms with Gasteiger partial charge in [0.15, 0.2) is 0 Å². The number of aryl methyl sites for hydroxylation is 1. The lowest BCUT2D eigenvalue weighted by Crippen LogP contribution is -2.47. The largest absolute Gasteiger partial charge is 0.465 e. The highest BCUT2D eigenvalue weighted by Crippen LogP contribution is 2.39. The summed E-state index contributed by atoms with van der Waals surface area (Å²) >= 11 is 0. The zero-order valence-corrected chi connectivity index (χ0v) is 31.1. The summed E-state index contributed by atoms with van der Waals surface area (Å²) in [5.41, 5.74) is 2.27. The number of aromatic nitrogens is 3. The van der Waals surface area contributed by atoms with Crippen molar-refractivity contribution in [3.8, 4) is 22.9 Å². The second-order valence-corrected chi connectivity index (χ2v) is 15.5. The number of methoxy groups -OCH3 is 1. The molecule has 1 amide bonds. The maximum Gasteiger partial charge on any atom is 0.410 e. The molecule has 1 atom stereocenters. The van der Waals surface area contributed by atoms with Crippen LogP contribution >= 0.6 is 0 Å². The average Bonchev–Trinajstić information content (AvgIpc) is 3.12. The fourth-order valence-electron chi connectivity index (χ4n) is 6.14. The van der Waals surface area contributed by atoms with Crippen LogP contribution in [0.5, 0.6) is 11.6 Å². The number of fused-ring (bicyclic) bond motifs is 1. The standard InChI is InChI=1S/C39H42N6O7S/c1-25-17-18-29-30(14-8-16-33(29)44-53(48,49)24-26-11-6-7-13-28(26)36(46)50-5)34(25)51-35-31(15-9-20-40-35)32-19-21-41-37(43-32)42-27-12-10-22-45(23-27)38(47)52-39(2,3)4/h6-9,11,13-21,27,44H,10,12,22-24H2,1-5H3,(H,41,42,43). The van der Waals surface area contributed by atoms with Crippen LogP contribution in [0.1, 0.15) is 55.1 Å². The molecule has 6 rings (SSSR count). The number of amides is 1. The van der Waals surface area contributed by atoms with E-state index in [0.717, 1.165) is 18.4 Å². The molecule has 3 heterocycles. The van der Waals surface area contributed by atoms with Gasteiger partial charge < -0.3 is 24.4 Å². The molecular formula is C39H42N6O7S. The Morgan fingerprint density at radius 3 is 2.55 bits per heavy atom. The summed E-state index contributed by atoms with van der Waals surface area (Å²) in [4.78, 5) is 40.5. The number of carbonyl (C=O) groups is 2. The van der Waals surface area contributed by atoms with Crippen LogP contribution < -0.4 is 14.8 Å². The van der Waals surface area contributed by atoms with Gasteiger partial charge in [-0.3, -0.25) is 4.72 Å². The molecule has 53 heavy (non-hydrogen) atoms. The topological polar surface area (TPSA) is 162 Å². The molecule has 13 nitrogen and oxygen atoms in total. The summed E-state index contributed by atoms with van der Waals surface area (Å²) in [6.45, 7) is 8.53. The number of nitrogens with one attached hydrogen (secondary N) is 2. The van der Waals surface area contributed by atoms with E-state index in [1.165, 1.54) is 13.2 Å². The van der Waals surface area contributed by atoms with E-state index in [9.17, 15) is 18.0 Å². The minimum absolute atomic E-state index is 0.0660. The maximum absolute atomic E-state index is 13.4. The van der Waals surface area contributed by atoms with Crippen molar-refractivity contribution in [2.45, 2.75) is 57.9 Å². The lowest BCUT2D eigenvalue weighted by atomic mass is 10.0. The summed E-state index contributed by atoms with van der Waals surface area (Å²) < 4.78 is 46.5. The van der Waals surface area contributed by atoms with E-state index in [4.69, 9.17) is 19.2 Å². The molecule has 1 fully saturated rings. The predicted molar refractivity (Wildman–Crippen MR) is 203 cm³/mol. The fraction of sp³-hybridized carbons (Fsp3) is 0.308. The van der Waals surface area contributed by atoms with Crippen molar-refractivity contribution in [2.75, 3.05) is 30.2 Å². The van der Waals surface area contributed by atoms with Gasteiger partial charge >= 0.3 is 12.1 Å². The Hall–Kier alpha value is -5.76. The molecule has 1 saturated heterocycles. The van der Waals surface area contributed by atoms with E-state index in [1.54, 1.807) is 59.8 Å². The number of esters is 1. The Balaban J connectivity index is 1.24. The zero-order valence-electron chi connectivity index (χ0n) is 30.3. The summed E-state index contributed by atoms with van der Waals surface area (Å²) in [7, 11) is -2.70. The maximum atomic E-state index is 13.4. The van der Waals surface area contributed by atoms with Gasteiger partial charge in [-0.25, -0.2) is 33.0 Å². The van der Waals surface area contributed by atoms with Crippen LogP contribution in [0.4, 0.5) is 16.4 Å². The van der Waals surface area contributed by atoms with Gasteiger partial charge in [0.25, 0.3) is 0 Å². The van der Waals surface area contributed by atoms with Crippen LogP contribution in [-0.2, 0) is 25.2 Å². The number of rotatable bonds is 10. The molecule has 0 aliphatic carbocycles. The third kappa shape index (κ3) is 9.01. The molecule has 1 unspecified atom stereocenters. The fourth-order valence-corrected chi connectivity index (χ4v) is 7.39. The van der Waals surface area contributed by atoms with E-state index < -0.39 is 27.3 Å². The number of ether oxygens (including phenoxy) is 3. The number of hydrogen-bond acceptors (Lipinski definition) is 11. The molecule has 14 heteroatoms. The minimum atomic E-state index is -3.95. The van der Waals surface area contributed by atoms with Gasteiger partial charge in [-0.1, -0.05) is 42.5 Å². The molecule has 0 spiro atoms. The van der Waals surface area contributed by atoms with E-state index in [1.807, 2.05) is 52.0 Å². The van der Waals surface area contributed by atoms with Crippen LogP contribution in [0.3, 0.4) is 0 Å². The first kappa shape index (κ1) is 37.0. The van der Waals surface area contributed by atoms with E-state index in [0.29, 0.717) is 63.9 Å². The van der Waals surface area contributed by atoms with Crippen molar-refractivity contribution < 1.29 is 32.2 Å². The highest BCUT2D eigenvalue weighted by Gasteiger charge is 2.28. The van der Waals surface area contributed by atoms with Gasteiger partial charge in [-0.05, 0) is 82.0 Å². The monoisotopic (exact) mass is 738 g/mol. The van der Waals surface area contributed by atoms with Crippen molar-refractivity contribution >= 4 is 44.5 Å². The Labute approximate surface area is 308 Å². The molecule has 2 aromatic heterocycles. The summed E-state index contributed by atoms with van der Waals surface area (Å²) in [5.74, 6) is 0.154. The number of carbonyl (C=O) groups excluding carboxylic acids is 2. The SMILES string of the molecule is COC(=O)c1ccccc1CS(=O)(=O)Nc1cccc2c(Oc3ncccc3-c3ccnc(NC4CCCN(C(=O)OC(C)(C)C)C4)n3)c(C)ccc12. The molecule has 2 N–H and O–H groups in total. The quantitative estimate of drug-likeness (QED) is 0.138. The first-order valence-corrected chi connectivity index (χ1v) is 18.9. The molecule has 0 saturated carbocycles. The second kappa shape index (κ2) is 15.5. The number of likely N-dealkylation sites (tertiary alicyclic amines) is 1.